The summed E-state index contributed by atoms with van der Waals surface area (Å²) in [7, 11) is 0. The first-order valence-electron chi connectivity index (χ1n) is 7.26. The second kappa shape index (κ2) is 10.5. The van der Waals surface area contributed by atoms with E-state index in [1.807, 2.05) is 0 Å². The summed E-state index contributed by atoms with van der Waals surface area (Å²) in [5.74, 6) is -0.504. The van der Waals surface area contributed by atoms with Crippen LogP contribution in [-0.2, 0) is 9.63 Å². The first-order valence-corrected chi connectivity index (χ1v) is 9.18. The van der Waals surface area contributed by atoms with Crippen LogP contribution in [-0.4, -0.2) is 23.8 Å². The summed E-state index contributed by atoms with van der Waals surface area (Å²) >= 11 is 28.7. The van der Waals surface area contributed by atoms with Gasteiger partial charge in [0.05, 0.1) is 21.9 Å². The van der Waals surface area contributed by atoms with E-state index >= 15 is 0 Å². The summed E-state index contributed by atoms with van der Waals surface area (Å²) in [6.45, 7) is -0.338. The van der Waals surface area contributed by atoms with Gasteiger partial charge in [-0.1, -0.05) is 57.6 Å². The first kappa shape index (κ1) is 21.5. The van der Waals surface area contributed by atoms with E-state index in [0.717, 1.165) is 0 Å². The predicted molar refractivity (Wildman–Crippen MR) is 114 cm³/mol. The van der Waals surface area contributed by atoms with Crippen molar-refractivity contribution >= 4 is 81.5 Å². The fourth-order valence-corrected chi connectivity index (χ4v) is 2.66. The molecule has 2 aromatic rings. The van der Waals surface area contributed by atoms with Gasteiger partial charge in [-0.15, -0.1) is 0 Å². The molecule has 3 N–H and O–H groups in total. The van der Waals surface area contributed by atoms with Crippen LogP contribution in [0, 0.1) is 0 Å². The molecule has 0 bridgehead atoms. The lowest BCUT2D eigenvalue weighted by atomic mass is 10.2. The lowest BCUT2D eigenvalue weighted by molar-refractivity contribution is -0.126. The minimum Gasteiger partial charge on any atom is -0.386 e. The highest BCUT2D eigenvalue weighted by atomic mass is 35.5. The molecule has 0 heterocycles. The molecule has 6 nitrogen and oxygen atoms in total. The lowest BCUT2D eigenvalue weighted by Gasteiger charge is -2.12. The number of amides is 1. The van der Waals surface area contributed by atoms with Gasteiger partial charge in [-0.3, -0.25) is 15.6 Å². The summed E-state index contributed by atoms with van der Waals surface area (Å²) < 4.78 is 0. The maximum atomic E-state index is 11.7. The molecule has 1 amide bonds. The monoisotopic (exact) mass is 464 g/mol. The number of halogens is 4. The Morgan fingerprint density at radius 3 is 2.48 bits per heavy atom. The van der Waals surface area contributed by atoms with Gasteiger partial charge >= 0.3 is 0 Å². The molecule has 142 valence electrons. The molecule has 2 aromatic carbocycles. The number of carbonyl (C=O) groups is 1. The quantitative estimate of drug-likeness (QED) is 0.340. The zero-order valence-electron chi connectivity index (χ0n) is 13.4. The number of hydrazine groups is 1. The standard InChI is InChI=1S/C16H12Cl4N4O2S/c17-10-2-1-9(13(20)5-10)7-21-26-8-15(25)23-24-16(27)22-14-6-11(18)3-4-12(14)19/h1-7H,8H2,(H,23,25)(H2,22,24,27)/b21-7-. The molecule has 0 atom stereocenters. The lowest BCUT2D eigenvalue weighted by Crippen LogP contribution is -2.45. The van der Waals surface area contributed by atoms with Crippen molar-refractivity contribution in [2.45, 2.75) is 0 Å². The molecule has 0 aliphatic heterocycles. The Kier molecular flexibility index (Phi) is 8.40. The maximum absolute atomic E-state index is 11.7. The third-order valence-electron chi connectivity index (χ3n) is 2.92. The average Bonchev–Trinajstić information content (AvgIpc) is 2.61. The van der Waals surface area contributed by atoms with Crippen molar-refractivity contribution in [2.75, 3.05) is 11.9 Å². The van der Waals surface area contributed by atoms with Crippen LogP contribution in [0.25, 0.3) is 0 Å². The van der Waals surface area contributed by atoms with Crippen molar-refractivity contribution in [1.29, 1.82) is 0 Å². The summed E-state index contributed by atoms with van der Waals surface area (Å²) in [4.78, 5) is 16.6. The highest BCUT2D eigenvalue weighted by Crippen LogP contribution is 2.25. The number of hydrogen-bond acceptors (Lipinski definition) is 4. The zero-order valence-corrected chi connectivity index (χ0v) is 17.3. The van der Waals surface area contributed by atoms with Gasteiger partial charge in [0.25, 0.3) is 5.91 Å². The van der Waals surface area contributed by atoms with E-state index in [4.69, 9.17) is 63.5 Å². The third kappa shape index (κ3) is 7.40. The SMILES string of the molecule is O=C(CO/N=C\c1ccc(Cl)cc1Cl)NNC(=S)Nc1cc(Cl)ccc1Cl. The van der Waals surface area contributed by atoms with Crippen LogP contribution >= 0.6 is 58.6 Å². The predicted octanol–water partition coefficient (Wildman–Crippen LogP) is 4.67. The van der Waals surface area contributed by atoms with Crippen LogP contribution in [0.4, 0.5) is 5.69 Å². The molecule has 11 heteroatoms. The Balaban J connectivity index is 1.73. The number of hydrogen-bond donors (Lipinski definition) is 3. The maximum Gasteiger partial charge on any atom is 0.279 e. The van der Waals surface area contributed by atoms with E-state index in [0.29, 0.717) is 31.3 Å². The van der Waals surface area contributed by atoms with Crippen LogP contribution in [0.1, 0.15) is 5.56 Å². The third-order valence-corrected chi connectivity index (χ3v) is 4.25. The first-order chi connectivity index (χ1) is 12.8. The van der Waals surface area contributed by atoms with Gasteiger partial charge in [0.15, 0.2) is 11.7 Å². The Morgan fingerprint density at radius 2 is 1.74 bits per heavy atom. The van der Waals surface area contributed by atoms with Gasteiger partial charge in [-0.25, -0.2) is 0 Å². The van der Waals surface area contributed by atoms with E-state index in [-0.39, 0.29) is 11.7 Å². The van der Waals surface area contributed by atoms with Crippen molar-refractivity contribution in [3.8, 4) is 0 Å². The van der Waals surface area contributed by atoms with Crippen molar-refractivity contribution in [2.24, 2.45) is 5.16 Å². The molecule has 0 aliphatic rings. The molecule has 0 unspecified atom stereocenters. The highest BCUT2D eigenvalue weighted by molar-refractivity contribution is 7.80. The molecule has 0 spiro atoms. The fraction of sp³-hybridized carbons (Fsp3) is 0.0625. The molecule has 0 radical (unpaired) electrons. The molecule has 0 saturated heterocycles. The largest absolute Gasteiger partial charge is 0.386 e. The van der Waals surface area contributed by atoms with Gasteiger partial charge in [0.1, 0.15) is 0 Å². The second-order valence-electron chi connectivity index (χ2n) is 4.93. The van der Waals surface area contributed by atoms with Crippen molar-refractivity contribution in [1.82, 2.24) is 10.9 Å². The van der Waals surface area contributed by atoms with Crippen LogP contribution < -0.4 is 16.2 Å². The van der Waals surface area contributed by atoms with Crippen molar-refractivity contribution in [3.05, 3.63) is 62.1 Å². The van der Waals surface area contributed by atoms with Gasteiger partial charge in [0.2, 0.25) is 0 Å². The van der Waals surface area contributed by atoms with Crippen molar-refractivity contribution in [3.63, 3.8) is 0 Å². The number of nitrogens with zero attached hydrogens (tertiary/aromatic N) is 1. The summed E-state index contributed by atoms with van der Waals surface area (Å²) in [6, 6.07) is 9.75. The van der Waals surface area contributed by atoms with Crippen LogP contribution in [0.15, 0.2) is 41.6 Å². The molecule has 2 rings (SSSR count). The van der Waals surface area contributed by atoms with E-state index in [2.05, 4.69) is 21.3 Å². The van der Waals surface area contributed by atoms with Gasteiger partial charge in [-0.2, -0.15) is 0 Å². The minimum absolute atomic E-state index is 0.115. The highest BCUT2D eigenvalue weighted by Gasteiger charge is 2.06. The Morgan fingerprint density at radius 1 is 1.04 bits per heavy atom. The van der Waals surface area contributed by atoms with E-state index in [1.165, 1.54) is 6.21 Å². The Hall–Kier alpha value is -1.77. The summed E-state index contributed by atoms with van der Waals surface area (Å²) in [6.07, 6.45) is 1.37. The van der Waals surface area contributed by atoms with E-state index in [1.54, 1.807) is 36.4 Å². The van der Waals surface area contributed by atoms with Crippen LogP contribution in [0.2, 0.25) is 20.1 Å². The normalized spacial score (nSPS) is 10.5. The Bertz CT molecular complexity index is 879. The molecule has 0 aromatic heterocycles. The summed E-state index contributed by atoms with van der Waals surface area (Å²) in [5, 5.41) is 8.41. The zero-order chi connectivity index (χ0) is 19.8. The van der Waals surface area contributed by atoms with E-state index in [9.17, 15) is 4.79 Å². The number of anilines is 1. The Labute approximate surface area is 180 Å². The number of nitrogens with one attached hydrogen (secondary N) is 3. The van der Waals surface area contributed by atoms with Crippen LogP contribution in [0.5, 0.6) is 0 Å². The minimum atomic E-state index is -0.504. The van der Waals surface area contributed by atoms with Crippen LogP contribution in [0.3, 0.4) is 0 Å². The number of thiocarbonyl (C=S) groups is 1. The molecule has 27 heavy (non-hydrogen) atoms. The van der Waals surface area contributed by atoms with Gasteiger partial charge < -0.3 is 10.2 Å². The fourth-order valence-electron chi connectivity index (χ4n) is 1.71. The molecule has 0 aliphatic carbocycles. The number of rotatable bonds is 5. The molecular weight excluding hydrogens is 454 g/mol. The topological polar surface area (TPSA) is 74.8 Å². The average molecular weight is 466 g/mol. The smallest absolute Gasteiger partial charge is 0.279 e. The number of oxime groups is 1. The number of benzene rings is 2. The van der Waals surface area contributed by atoms with Gasteiger partial charge in [0, 0.05) is 15.6 Å². The number of carbonyl (C=O) groups excluding carboxylic acids is 1. The second-order valence-corrected chi connectivity index (χ2v) is 7.02. The summed E-state index contributed by atoms with van der Waals surface area (Å²) in [5.41, 5.74) is 5.94. The molecule has 0 fully saturated rings. The van der Waals surface area contributed by atoms with Gasteiger partial charge in [-0.05, 0) is 42.5 Å². The van der Waals surface area contributed by atoms with E-state index < -0.39 is 5.91 Å². The van der Waals surface area contributed by atoms with Crippen molar-refractivity contribution < 1.29 is 9.63 Å². The molecular formula is C16H12Cl4N4O2S. The molecule has 0 saturated carbocycles.